The predicted molar refractivity (Wildman–Crippen MR) is 32.4 cm³/mol. The Morgan fingerprint density at radius 1 is 1.64 bits per heavy atom. The zero-order chi connectivity index (χ0) is 8.85. The number of esters is 1. The van der Waals surface area contributed by atoms with Crippen LogP contribution in [-0.4, -0.2) is 23.7 Å². The van der Waals surface area contributed by atoms with E-state index in [2.05, 4.69) is 4.74 Å². The van der Waals surface area contributed by atoms with Crippen LogP contribution in [0.5, 0.6) is 0 Å². The Morgan fingerprint density at radius 2 is 2.18 bits per heavy atom. The van der Waals surface area contributed by atoms with Gasteiger partial charge >= 0.3 is 75.8 Å². The summed E-state index contributed by atoms with van der Waals surface area (Å²) in [6, 6.07) is 0. The van der Waals surface area contributed by atoms with E-state index in [1.165, 1.54) is 4.29 Å². The van der Waals surface area contributed by atoms with E-state index in [0.717, 1.165) is 21.1 Å². The number of rotatable bonds is 3. The van der Waals surface area contributed by atoms with E-state index in [4.69, 9.17) is 5.11 Å². The Labute approximate surface area is 76.1 Å². The fourth-order valence-corrected chi connectivity index (χ4v) is 1.18. The first kappa shape index (κ1) is 10.4. The Balaban J connectivity index is 4.29. The van der Waals surface area contributed by atoms with Crippen LogP contribution in [0.15, 0.2) is 9.87 Å². The van der Waals surface area contributed by atoms with E-state index in [9.17, 15) is 9.59 Å². The van der Waals surface area contributed by atoms with Crippen molar-refractivity contribution in [3.63, 3.8) is 0 Å². The third-order valence-corrected chi connectivity index (χ3v) is 1.78. The third kappa shape index (κ3) is 3.36. The summed E-state index contributed by atoms with van der Waals surface area (Å²) < 4.78 is 5.81. The van der Waals surface area contributed by atoms with Gasteiger partial charge in [-0.25, -0.2) is 0 Å². The summed E-state index contributed by atoms with van der Waals surface area (Å²) in [4.78, 5) is 21.1. The molecule has 5 heteroatoms. The molecule has 0 aromatic rings. The van der Waals surface area contributed by atoms with Crippen LogP contribution in [0.2, 0.25) is 0 Å². The predicted octanol–water partition coefficient (Wildman–Crippen LogP) is 0.0648. The fraction of sp³-hybridized carbons (Fsp3) is 0.333. The molecule has 0 heterocycles. The first-order chi connectivity index (χ1) is 5.13. The maximum absolute atomic E-state index is 10.8. The molecule has 0 spiro atoms. The van der Waals surface area contributed by atoms with Gasteiger partial charge in [-0.15, -0.1) is 0 Å². The standard InChI is InChI=1S/C6H7O4.Ta/c1-3-10-6(9)4(2)5(7)8;/h2H,3H2,1H3,(H,7,8);. The van der Waals surface area contributed by atoms with E-state index < -0.39 is 11.9 Å². The Morgan fingerprint density at radius 3 is 2.45 bits per heavy atom. The maximum atomic E-state index is 10.8. The van der Waals surface area contributed by atoms with Gasteiger partial charge in [-0.3, -0.25) is 0 Å². The zero-order valence-corrected chi connectivity index (χ0v) is 9.12. The van der Waals surface area contributed by atoms with Crippen LogP contribution in [0, 0.1) is 0 Å². The molecule has 0 fully saturated rings. The van der Waals surface area contributed by atoms with Crippen LogP contribution in [-0.2, 0) is 35.4 Å². The molecule has 0 atom stereocenters. The molecule has 0 aliphatic heterocycles. The summed E-state index contributed by atoms with van der Waals surface area (Å²) in [7, 11) is 0. The van der Waals surface area contributed by atoms with Gasteiger partial charge in [0.05, 0.1) is 0 Å². The van der Waals surface area contributed by atoms with Crippen molar-refractivity contribution >= 4 is 11.9 Å². The van der Waals surface area contributed by atoms with Crippen LogP contribution >= 0.6 is 0 Å². The third-order valence-electron chi connectivity index (χ3n) is 0.855. The van der Waals surface area contributed by atoms with Crippen LogP contribution in [0.1, 0.15) is 6.92 Å². The van der Waals surface area contributed by atoms with E-state index in [1.54, 1.807) is 6.92 Å². The van der Waals surface area contributed by atoms with Crippen LogP contribution in [0.25, 0.3) is 0 Å². The van der Waals surface area contributed by atoms with E-state index in [1.807, 2.05) is 0 Å². The van der Waals surface area contributed by atoms with Gasteiger partial charge in [0.1, 0.15) is 0 Å². The number of ether oxygens (including phenoxy) is 1. The topological polar surface area (TPSA) is 63.6 Å². The number of hydrogen-bond donors (Lipinski definition) is 1. The van der Waals surface area contributed by atoms with E-state index in [-0.39, 0.29) is 12.2 Å². The zero-order valence-electron chi connectivity index (χ0n) is 5.90. The van der Waals surface area contributed by atoms with Gasteiger partial charge in [-0.05, 0) is 0 Å². The Kier molecular flexibility index (Phi) is 4.85. The average Bonchev–Trinajstić information content (AvgIpc) is 1.88. The number of hydrogen-bond acceptors (Lipinski definition) is 3. The molecule has 0 aromatic carbocycles. The second kappa shape index (κ2) is 5.12. The summed E-state index contributed by atoms with van der Waals surface area (Å²) in [5.74, 6) is -1.99. The quantitative estimate of drug-likeness (QED) is 0.345. The summed E-state index contributed by atoms with van der Waals surface area (Å²) in [6.45, 7) is 1.82. The van der Waals surface area contributed by atoms with Crippen molar-refractivity contribution in [3.8, 4) is 0 Å². The molecule has 0 rings (SSSR count). The molecule has 0 aliphatic carbocycles. The molecule has 0 saturated carbocycles. The average molecular weight is 324 g/mol. The van der Waals surface area contributed by atoms with Gasteiger partial charge in [0.2, 0.25) is 0 Å². The molecule has 4 nitrogen and oxygen atoms in total. The van der Waals surface area contributed by atoms with Crippen molar-refractivity contribution in [2.75, 3.05) is 6.61 Å². The number of carboxylic acids is 1. The van der Waals surface area contributed by atoms with Crippen LogP contribution in [0.4, 0.5) is 0 Å². The molecule has 11 heavy (non-hydrogen) atoms. The number of carbonyl (C=O) groups excluding carboxylic acids is 1. The van der Waals surface area contributed by atoms with Crippen LogP contribution < -0.4 is 0 Å². The molecule has 1 N–H and O–H groups in total. The first-order valence-electron chi connectivity index (χ1n) is 2.88. The van der Waals surface area contributed by atoms with Crippen molar-refractivity contribution in [3.05, 3.63) is 9.87 Å². The summed E-state index contributed by atoms with van der Waals surface area (Å²) in [5, 5.41) is 8.42. The van der Waals surface area contributed by atoms with E-state index >= 15 is 0 Å². The molecular formula is C6H7O4Ta. The Bertz CT molecular complexity index is 197. The molecule has 0 aliphatic rings. The summed E-state index contributed by atoms with van der Waals surface area (Å²) in [5.41, 5.74) is -0.278. The second-order valence-electron chi connectivity index (χ2n) is 1.57. The van der Waals surface area contributed by atoms with Crippen molar-refractivity contribution in [1.82, 2.24) is 0 Å². The molecule has 0 bridgehead atoms. The Hall–Kier alpha value is -0.580. The summed E-state index contributed by atoms with van der Waals surface area (Å²) in [6.07, 6.45) is 0. The first-order valence-corrected chi connectivity index (χ1v) is 4.73. The van der Waals surface area contributed by atoms with Gasteiger partial charge < -0.3 is 0 Å². The van der Waals surface area contributed by atoms with E-state index in [0.29, 0.717) is 0 Å². The molecule has 0 unspecified atom stereocenters. The monoisotopic (exact) mass is 324 g/mol. The van der Waals surface area contributed by atoms with Gasteiger partial charge in [0.25, 0.3) is 0 Å². The SMILES string of the molecule is CCOC(=O)C(=[CH][Ta])C(=O)O. The summed E-state index contributed by atoms with van der Waals surface area (Å²) >= 11 is 0.720. The molecule has 60 valence electrons. The minimum absolute atomic E-state index is 0.196. The van der Waals surface area contributed by atoms with Crippen molar-refractivity contribution in [2.45, 2.75) is 6.92 Å². The molecule has 0 saturated heterocycles. The van der Waals surface area contributed by atoms with Crippen LogP contribution in [0.3, 0.4) is 0 Å². The van der Waals surface area contributed by atoms with Gasteiger partial charge in [-0.2, -0.15) is 0 Å². The van der Waals surface area contributed by atoms with Crippen molar-refractivity contribution < 1.29 is 40.5 Å². The number of carboxylic acid groups (broad SMARTS) is 1. The second-order valence-corrected chi connectivity index (χ2v) is 2.50. The van der Waals surface area contributed by atoms with Gasteiger partial charge in [0, 0.05) is 0 Å². The van der Waals surface area contributed by atoms with Gasteiger partial charge in [0.15, 0.2) is 0 Å². The molecule has 0 aromatic heterocycles. The van der Waals surface area contributed by atoms with Gasteiger partial charge in [-0.1, -0.05) is 0 Å². The molecule has 0 amide bonds. The van der Waals surface area contributed by atoms with Crippen molar-refractivity contribution in [1.29, 1.82) is 0 Å². The normalized spacial score (nSPS) is 10.8. The molecular weight excluding hydrogens is 317 g/mol. The van der Waals surface area contributed by atoms with Crippen molar-refractivity contribution in [2.24, 2.45) is 0 Å². The minimum atomic E-state index is -1.23. The fourth-order valence-electron chi connectivity index (χ4n) is 0.404. The number of aliphatic carboxylic acids is 1. The molecule has 0 radical (unpaired) electrons. The number of carbonyl (C=O) groups is 2.